The van der Waals surface area contributed by atoms with Gasteiger partial charge < -0.3 is 10.1 Å². The van der Waals surface area contributed by atoms with Gasteiger partial charge in [0, 0.05) is 15.7 Å². The van der Waals surface area contributed by atoms with Crippen LogP contribution in [0.5, 0.6) is 5.75 Å². The molecule has 4 rings (SSSR count). The second kappa shape index (κ2) is 11.7. The molecule has 9 heteroatoms. The molecular formula is C28H24Cl2N2O4S. The number of halogens is 2. The second-order valence-electron chi connectivity index (χ2n) is 8.30. The minimum atomic E-state index is -3.84. The molecule has 0 saturated heterocycles. The summed E-state index contributed by atoms with van der Waals surface area (Å²) in [6.07, 6.45) is 0. The zero-order valence-electron chi connectivity index (χ0n) is 19.9. The molecule has 0 unspecified atom stereocenters. The number of hydrogen-bond donors (Lipinski definition) is 1. The molecule has 4 aromatic carbocycles. The summed E-state index contributed by atoms with van der Waals surface area (Å²) in [6, 6.07) is 27.4. The first-order valence-corrected chi connectivity index (χ1v) is 13.5. The van der Waals surface area contributed by atoms with Crippen molar-refractivity contribution in [3.05, 3.63) is 118 Å². The molecule has 0 aliphatic rings. The summed E-state index contributed by atoms with van der Waals surface area (Å²) in [4.78, 5) is 12.5. The molecule has 0 aliphatic carbocycles. The molecule has 0 heterocycles. The highest BCUT2D eigenvalue weighted by molar-refractivity contribution is 7.92. The maximum Gasteiger partial charge on any atom is 0.264 e. The molecular weight excluding hydrogens is 531 g/mol. The third-order valence-electron chi connectivity index (χ3n) is 5.42. The number of rotatable bonds is 9. The van der Waals surface area contributed by atoms with Gasteiger partial charge in [0.15, 0.2) is 6.61 Å². The lowest BCUT2D eigenvalue weighted by Gasteiger charge is -2.25. The number of ether oxygens (including phenoxy) is 1. The third-order valence-corrected chi connectivity index (χ3v) is 7.64. The van der Waals surface area contributed by atoms with Crippen LogP contribution in [0, 0.1) is 6.92 Å². The largest absolute Gasteiger partial charge is 0.484 e. The lowest BCUT2D eigenvalue weighted by molar-refractivity contribution is -0.118. The highest BCUT2D eigenvalue weighted by atomic mass is 35.5. The van der Waals surface area contributed by atoms with Crippen LogP contribution < -0.4 is 14.4 Å². The summed E-state index contributed by atoms with van der Waals surface area (Å²) in [5.41, 5.74) is 2.74. The number of aryl methyl sites for hydroxylation is 1. The number of nitrogens with one attached hydrogen (secondary N) is 1. The number of benzene rings is 4. The number of sulfonamides is 1. The van der Waals surface area contributed by atoms with Crippen molar-refractivity contribution < 1.29 is 17.9 Å². The molecule has 37 heavy (non-hydrogen) atoms. The Labute approximate surface area is 226 Å². The zero-order chi connectivity index (χ0) is 26.4. The third kappa shape index (κ3) is 7.04. The standard InChI is InChI=1S/C28H24Cl2N2O4S/c1-20-7-13-27(14-8-20)37(34,35)32(18-21-5-3-2-4-6-21)25-9-11-26(12-10-25)36-19-28(33)31-24-16-22(29)15-23(30)17-24/h2-17H,18-19H2,1H3,(H,31,33). The normalized spacial score (nSPS) is 11.1. The van der Waals surface area contributed by atoms with Crippen molar-refractivity contribution in [3.8, 4) is 5.75 Å². The van der Waals surface area contributed by atoms with Crippen LogP contribution in [0.25, 0.3) is 0 Å². The van der Waals surface area contributed by atoms with Crippen LogP contribution in [0.15, 0.2) is 102 Å². The number of anilines is 2. The van der Waals surface area contributed by atoms with Crippen molar-refractivity contribution in [3.63, 3.8) is 0 Å². The fraction of sp³-hybridized carbons (Fsp3) is 0.107. The average molecular weight is 555 g/mol. The maximum absolute atomic E-state index is 13.6. The summed E-state index contributed by atoms with van der Waals surface area (Å²) in [6.45, 7) is 1.81. The fourth-order valence-corrected chi connectivity index (χ4v) is 5.56. The molecule has 0 atom stereocenters. The highest BCUT2D eigenvalue weighted by Crippen LogP contribution is 2.28. The molecule has 0 fully saturated rings. The van der Waals surface area contributed by atoms with E-state index in [1.807, 2.05) is 37.3 Å². The number of amides is 1. The quantitative estimate of drug-likeness (QED) is 0.249. The minimum Gasteiger partial charge on any atom is -0.484 e. The number of nitrogens with zero attached hydrogens (tertiary/aromatic N) is 1. The summed E-state index contributed by atoms with van der Waals surface area (Å²) in [5.74, 6) is 0.0190. The Morgan fingerprint density at radius 1 is 0.865 bits per heavy atom. The average Bonchev–Trinajstić information content (AvgIpc) is 2.87. The molecule has 4 aromatic rings. The van der Waals surface area contributed by atoms with Gasteiger partial charge in [-0.25, -0.2) is 8.42 Å². The smallest absolute Gasteiger partial charge is 0.264 e. The number of carbonyl (C=O) groups is 1. The SMILES string of the molecule is Cc1ccc(S(=O)(=O)N(Cc2ccccc2)c2ccc(OCC(=O)Nc3cc(Cl)cc(Cl)c3)cc2)cc1. The van der Waals surface area contributed by atoms with Crippen molar-refractivity contribution in [2.24, 2.45) is 0 Å². The Morgan fingerprint density at radius 2 is 1.49 bits per heavy atom. The number of hydrogen-bond acceptors (Lipinski definition) is 4. The predicted molar refractivity (Wildman–Crippen MR) is 148 cm³/mol. The van der Waals surface area contributed by atoms with Gasteiger partial charge in [-0.2, -0.15) is 0 Å². The van der Waals surface area contributed by atoms with Gasteiger partial charge in [0.2, 0.25) is 0 Å². The first-order chi connectivity index (χ1) is 17.7. The van der Waals surface area contributed by atoms with Gasteiger partial charge >= 0.3 is 0 Å². The van der Waals surface area contributed by atoms with E-state index in [1.165, 1.54) is 4.31 Å². The Hall–Kier alpha value is -3.52. The molecule has 0 saturated carbocycles. The molecule has 6 nitrogen and oxygen atoms in total. The monoisotopic (exact) mass is 554 g/mol. The molecule has 0 aliphatic heterocycles. The van der Waals surface area contributed by atoms with Crippen molar-refractivity contribution in [2.45, 2.75) is 18.4 Å². The van der Waals surface area contributed by atoms with E-state index in [4.69, 9.17) is 27.9 Å². The van der Waals surface area contributed by atoms with Crippen molar-refractivity contribution >= 4 is 50.5 Å². The van der Waals surface area contributed by atoms with E-state index in [1.54, 1.807) is 66.7 Å². The Kier molecular flexibility index (Phi) is 8.38. The van der Waals surface area contributed by atoms with Crippen LogP contribution in [0.4, 0.5) is 11.4 Å². The Bertz CT molecular complexity index is 1460. The lowest BCUT2D eigenvalue weighted by atomic mass is 10.2. The van der Waals surface area contributed by atoms with Crippen molar-refractivity contribution in [1.82, 2.24) is 0 Å². The predicted octanol–water partition coefficient (Wildman–Crippen LogP) is 6.71. The van der Waals surface area contributed by atoms with E-state index >= 15 is 0 Å². The first-order valence-electron chi connectivity index (χ1n) is 11.3. The second-order valence-corrected chi connectivity index (χ2v) is 11.0. The maximum atomic E-state index is 13.6. The molecule has 190 valence electrons. The topological polar surface area (TPSA) is 75.7 Å². The van der Waals surface area contributed by atoms with Gasteiger partial charge in [-0.05, 0) is 67.1 Å². The van der Waals surface area contributed by atoms with Crippen LogP contribution in [-0.2, 0) is 21.4 Å². The summed E-state index contributed by atoms with van der Waals surface area (Å²) < 4.78 is 34.1. The Balaban J connectivity index is 1.50. The van der Waals surface area contributed by atoms with Crippen LogP contribution in [-0.4, -0.2) is 20.9 Å². The van der Waals surface area contributed by atoms with E-state index in [2.05, 4.69) is 5.32 Å². The van der Waals surface area contributed by atoms with Crippen molar-refractivity contribution in [1.29, 1.82) is 0 Å². The van der Waals surface area contributed by atoms with Gasteiger partial charge in [-0.15, -0.1) is 0 Å². The van der Waals surface area contributed by atoms with Gasteiger partial charge in [0.1, 0.15) is 5.75 Å². The van der Waals surface area contributed by atoms with Crippen LogP contribution in [0.1, 0.15) is 11.1 Å². The van der Waals surface area contributed by atoms with Crippen LogP contribution in [0.3, 0.4) is 0 Å². The minimum absolute atomic E-state index is 0.155. The van der Waals surface area contributed by atoms with Gasteiger partial charge in [0.25, 0.3) is 15.9 Å². The van der Waals surface area contributed by atoms with Crippen molar-refractivity contribution in [2.75, 3.05) is 16.2 Å². The first kappa shape index (κ1) is 26.5. The summed E-state index contributed by atoms with van der Waals surface area (Å²) in [7, 11) is -3.84. The highest BCUT2D eigenvalue weighted by Gasteiger charge is 2.25. The van der Waals surface area contributed by atoms with E-state index in [9.17, 15) is 13.2 Å². The molecule has 0 bridgehead atoms. The van der Waals surface area contributed by atoms with Gasteiger partial charge in [-0.3, -0.25) is 9.10 Å². The van der Waals surface area contributed by atoms with E-state index in [-0.39, 0.29) is 18.0 Å². The Morgan fingerprint density at radius 3 is 2.11 bits per heavy atom. The summed E-state index contributed by atoms with van der Waals surface area (Å²) in [5, 5.41) is 3.48. The van der Waals surface area contributed by atoms with Crippen LogP contribution >= 0.6 is 23.2 Å². The molecule has 0 aromatic heterocycles. The molecule has 0 radical (unpaired) electrons. The van der Waals surface area contributed by atoms with E-state index < -0.39 is 15.9 Å². The van der Waals surface area contributed by atoms with Gasteiger partial charge in [0.05, 0.1) is 17.1 Å². The molecule has 1 N–H and O–H groups in total. The van der Waals surface area contributed by atoms with Crippen LogP contribution in [0.2, 0.25) is 10.0 Å². The fourth-order valence-electron chi connectivity index (χ4n) is 3.58. The van der Waals surface area contributed by atoms with E-state index in [0.29, 0.717) is 27.2 Å². The van der Waals surface area contributed by atoms with E-state index in [0.717, 1.165) is 11.1 Å². The van der Waals surface area contributed by atoms with Gasteiger partial charge in [-0.1, -0.05) is 71.2 Å². The zero-order valence-corrected chi connectivity index (χ0v) is 22.2. The lowest BCUT2D eigenvalue weighted by Crippen LogP contribution is -2.30. The molecule has 0 spiro atoms. The molecule has 1 amide bonds. The summed E-state index contributed by atoms with van der Waals surface area (Å²) >= 11 is 11.9. The number of carbonyl (C=O) groups excluding carboxylic acids is 1.